The molecule has 0 saturated heterocycles. The van der Waals surface area contributed by atoms with Gasteiger partial charge in [0.15, 0.2) is 5.69 Å². The van der Waals surface area contributed by atoms with E-state index < -0.39 is 5.97 Å². The first-order chi connectivity index (χ1) is 9.08. The molecule has 8 heteroatoms. The van der Waals surface area contributed by atoms with E-state index in [-0.39, 0.29) is 5.69 Å². The van der Waals surface area contributed by atoms with Crippen molar-refractivity contribution < 1.29 is 9.90 Å². The van der Waals surface area contributed by atoms with Crippen molar-refractivity contribution in [3.63, 3.8) is 0 Å². The summed E-state index contributed by atoms with van der Waals surface area (Å²) < 4.78 is 1.47. The standard InChI is InChI=1S/C11H9Cl2N3O2S/c12-7-2-1-3-8(13)10(7)19-5-4-16-6-9(11(17)18)14-15-16/h1-3,6H,4-5H2,(H,17,18). The van der Waals surface area contributed by atoms with Crippen LogP contribution in [0.15, 0.2) is 29.3 Å². The van der Waals surface area contributed by atoms with Crippen molar-refractivity contribution >= 4 is 40.9 Å². The molecule has 0 aliphatic rings. The molecule has 0 aliphatic carbocycles. The number of aromatic carboxylic acids is 1. The number of aryl methyl sites for hydroxylation is 1. The highest BCUT2D eigenvalue weighted by atomic mass is 35.5. The lowest BCUT2D eigenvalue weighted by molar-refractivity contribution is 0.0690. The lowest BCUT2D eigenvalue weighted by Crippen LogP contribution is -2.01. The molecule has 19 heavy (non-hydrogen) atoms. The Morgan fingerprint density at radius 1 is 1.37 bits per heavy atom. The van der Waals surface area contributed by atoms with Crippen LogP contribution in [0.4, 0.5) is 0 Å². The van der Waals surface area contributed by atoms with E-state index in [1.54, 1.807) is 18.2 Å². The van der Waals surface area contributed by atoms with Gasteiger partial charge in [0.2, 0.25) is 0 Å². The van der Waals surface area contributed by atoms with Crippen molar-refractivity contribution in [2.45, 2.75) is 11.4 Å². The zero-order valence-corrected chi connectivity index (χ0v) is 11.9. The maximum absolute atomic E-state index is 10.6. The van der Waals surface area contributed by atoms with Gasteiger partial charge in [0.05, 0.1) is 22.8 Å². The molecule has 0 saturated carbocycles. The first kappa shape index (κ1) is 14.2. The molecule has 0 aliphatic heterocycles. The number of aromatic nitrogens is 3. The quantitative estimate of drug-likeness (QED) is 0.858. The first-order valence-electron chi connectivity index (χ1n) is 5.28. The number of benzene rings is 1. The molecular formula is C11H9Cl2N3O2S. The number of carbonyl (C=O) groups is 1. The zero-order valence-electron chi connectivity index (χ0n) is 9.58. The maximum Gasteiger partial charge on any atom is 0.358 e. The lowest BCUT2D eigenvalue weighted by Gasteiger charge is -2.05. The van der Waals surface area contributed by atoms with Gasteiger partial charge >= 0.3 is 5.97 Å². The van der Waals surface area contributed by atoms with Gasteiger partial charge in [-0.1, -0.05) is 34.5 Å². The first-order valence-corrected chi connectivity index (χ1v) is 7.02. The highest BCUT2D eigenvalue weighted by Gasteiger charge is 2.09. The molecule has 0 amide bonds. The maximum atomic E-state index is 10.6. The normalized spacial score (nSPS) is 10.6. The summed E-state index contributed by atoms with van der Waals surface area (Å²) >= 11 is 13.6. The van der Waals surface area contributed by atoms with E-state index >= 15 is 0 Å². The highest BCUT2D eigenvalue weighted by Crippen LogP contribution is 2.33. The molecule has 1 aromatic heterocycles. The third kappa shape index (κ3) is 3.62. The van der Waals surface area contributed by atoms with Gasteiger partial charge in [0.1, 0.15) is 0 Å². The monoisotopic (exact) mass is 317 g/mol. The number of carboxylic acid groups (broad SMARTS) is 1. The number of rotatable bonds is 5. The van der Waals surface area contributed by atoms with Gasteiger partial charge in [-0.3, -0.25) is 4.68 Å². The van der Waals surface area contributed by atoms with E-state index in [4.69, 9.17) is 28.3 Å². The van der Waals surface area contributed by atoms with Crippen molar-refractivity contribution in [1.29, 1.82) is 0 Å². The Morgan fingerprint density at radius 2 is 2.05 bits per heavy atom. The van der Waals surface area contributed by atoms with Crippen molar-refractivity contribution in [3.05, 3.63) is 40.1 Å². The second-order valence-corrected chi connectivity index (χ2v) is 5.49. The van der Waals surface area contributed by atoms with Gasteiger partial charge in [0, 0.05) is 10.6 Å². The number of hydrogen-bond donors (Lipinski definition) is 1. The van der Waals surface area contributed by atoms with Crippen LogP contribution in [0.25, 0.3) is 0 Å². The van der Waals surface area contributed by atoms with Crippen LogP contribution in [0.2, 0.25) is 10.0 Å². The number of thioether (sulfide) groups is 1. The van der Waals surface area contributed by atoms with Gasteiger partial charge in [0.25, 0.3) is 0 Å². The summed E-state index contributed by atoms with van der Waals surface area (Å²) in [5.41, 5.74) is -0.0687. The molecule has 5 nitrogen and oxygen atoms in total. The number of hydrogen-bond acceptors (Lipinski definition) is 4. The van der Waals surface area contributed by atoms with E-state index in [1.807, 2.05) is 0 Å². The molecule has 100 valence electrons. The van der Waals surface area contributed by atoms with Gasteiger partial charge in [-0.25, -0.2) is 4.79 Å². The summed E-state index contributed by atoms with van der Waals surface area (Å²) in [6.07, 6.45) is 1.39. The Hall–Kier alpha value is -1.24. The van der Waals surface area contributed by atoms with Crippen LogP contribution < -0.4 is 0 Å². The molecule has 0 spiro atoms. The van der Waals surface area contributed by atoms with Crippen LogP contribution in [0.3, 0.4) is 0 Å². The van der Waals surface area contributed by atoms with Crippen molar-refractivity contribution in [3.8, 4) is 0 Å². The van der Waals surface area contributed by atoms with Crippen LogP contribution >= 0.6 is 35.0 Å². The third-order valence-electron chi connectivity index (χ3n) is 2.24. The molecule has 2 aromatic rings. The van der Waals surface area contributed by atoms with E-state index in [0.717, 1.165) is 4.90 Å². The number of nitrogens with zero attached hydrogens (tertiary/aromatic N) is 3. The number of carboxylic acids is 1. The minimum Gasteiger partial charge on any atom is -0.476 e. The molecule has 1 N–H and O–H groups in total. The minimum atomic E-state index is -1.09. The van der Waals surface area contributed by atoms with Crippen LogP contribution in [-0.4, -0.2) is 31.8 Å². The smallest absolute Gasteiger partial charge is 0.358 e. The summed E-state index contributed by atoms with van der Waals surface area (Å²) in [4.78, 5) is 11.5. The molecule has 0 bridgehead atoms. The average Bonchev–Trinajstić information content (AvgIpc) is 2.82. The summed E-state index contributed by atoms with van der Waals surface area (Å²) in [6, 6.07) is 5.33. The molecule has 1 heterocycles. The van der Waals surface area contributed by atoms with E-state index in [2.05, 4.69) is 10.3 Å². The molecule has 0 fully saturated rings. The van der Waals surface area contributed by atoms with E-state index in [0.29, 0.717) is 22.3 Å². The zero-order chi connectivity index (χ0) is 13.8. The Bertz CT molecular complexity index is 583. The summed E-state index contributed by atoms with van der Waals surface area (Å²) in [5.74, 6) is -0.431. The average molecular weight is 318 g/mol. The Labute approximate surface area is 123 Å². The van der Waals surface area contributed by atoms with Crippen LogP contribution in [0, 0.1) is 0 Å². The molecule has 0 radical (unpaired) electrons. The predicted octanol–water partition coefficient (Wildman–Crippen LogP) is 3.08. The lowest BCUT2D eigenvalue weighted by atomic mass is 10.4. The fourth-order valence-corrected chi connectivity index (χ4v) is 2.99. The molecule has 0 atom stereocenters. The Morgan fingerprint density at radius 3 is 2.63 bits per heavy atom. The Balaban J connectivity index is 1.94. The highest BCUT2D eigenvalue weighted by molar-refractivity contribution is 7.99. The van der Waals surface area contributed by atoms with E-state index in [1.165, 1.54) is 22.6 Å². The van der Waals surface area contributed by atoms with E-state index in [9.17, 15) is 4.79 Å². The predicted molar refractivity (Wildman–Crippen MR) is 74.2 cm³/mol. The van der Waals surface area contributed by atoms with Crippen LogP contribution in [0.5, 0.6) is 0 Å². The van der Waals surface area contributed by atoms with Gasteiger partial charge in [-0.05, 0) is 12.1 Å². The second kappa shape index (κ2) is 6.27. The summed E-state index contributed by atoms with van der Waals surface area (Å²) in [6.45, 7) is 0.520. The summed E-state index contributed by atoms with van der Waals surface area (Å²) in [7, 11) is 0. The number of halogens is 2. The minimum absolute atomic E-state index is 0.0687. The second-order valence-electron chi connectivity index (χ2n) is 3.57. The third-order valence-corrected chi connectivity index (χ3v) is 4.21. The van der Waals surface area contributed by atoms with Crippen molar-refractivity contribution in [2.24, 2.45) is 0 Å². The van der Waals surface area contributed by atoms with Gasteiger partial charge < -0.3 is 5.11 Å². The van der Waals surface area contributed by atoms with Gasteiger partial charge in [-0.2, -0.15) is 0 Å². The fourth-order valence-electron chi connectivity index (χ4n) is 1.37. The van der Waals surface area contributed by atoms with Crippen LogP contribution in [0.1, 0.15) is 10.5 Å². The fraction of sp³-hybridized carbons (Fsp3) is 0.182. The molecule has 1 aromatic carbocycles. The Kier molecular flexibility index (Phi) is 4.68. The topological polar surface area (TPSA) is 68.0 Å². The van der Waals surface area contributed by atoms with Gasteiger partial charge in [-0.15, -0.1) is 16.9 Å². The van der Waals surface area contributed by atoms with Crippen LogP contribution in [-0.2, 0) is 6.54 Å². The SMILES string of the molecule is O=C(O)c1cn(CCSc2c(Cl)cccc2Cl)nn1. The van der Waals surface area contributed by atoms with Crippen molar-refractivity contribution in [2.75, 3.05) is 5.75 Å². The summed E-state index contributed by atoms with van der Waals surface area (Å²) in [5, 5.41) is 17.2. The largest absolute Gasteiger partial charge is 0.476 e. The molecular weight excluding hydrogens is 309 g/mol. The van der Waals surface area contributed by atoms with Crippen molar-refractivity contribution in [1.82, 2.24) is 15.0 Å². The molecule has 0 unspecified atom stereocenters. The molecule has 2 rings (SSSR count).